The van der Waals surface area contributed by atoms with E-state index in [1.807, 2.05) is 12.1 Å². The normalized spacial score (nSPS) is 16.0. The van der Waals surface area contributed by atoms with Crippen LogP contribution >= 0.6 is 0 Å². The number of nitrogens with zero attached hydrogens (tertiary/aromatic N) is 1. The summed E-state index contributed by atoms with van der Waals surface area (Å²) >= 11 is 0. The fraction of sp³-hybridized carbons (Fsp3) is 0.500. The molecule has 0 aromatic heterocycles. The van der Waals surface area contributed by atoms with Crippen LogP contribution in [0.25, 0.3) is 0 Å². The molecule has 18 heavy (non-hydrogen) atoms. The number of primary amides is 1. The number of amides is 1. The molecule has 1 aromatic rings. The van der Waals surface area contributed by atoms with E-state index in [4.69, 9.17) is 5.73 Å². The van der Waals surface area contributed by atoms with E-state index in [0.29, 0.717) is 5.56 Å². The van der Waals surface area contributed by atoms with Crippen molar-refractivity contribution in [2.75, 3.05) is 26.2 Å². The molecule has 0 saturated carbocycles. The van der Waals surface area contributed by atoms with Crippen molar-refractivity contribution in [2.45, 2.75) is 19.4 Å². The molecule has 0 aliphatic carbocycles. The Morgan fingerprint density at radius 2 is 1.89 bits per heavy atom. The van der Waals surface area contributed by atoms with Crippen molar-refractivity contribution >= 4 is 5.91 Å². The number of nitrogens with two attached hydrogens (primary N) is 1. The molecule has 1 aliphatic heterocycles. The van der Waals surface area contributed by atoms with Crippen LogP contribution in [0.3, 0.4) is 0 Å². The summed E-state index contributed by atoms with van der Waals surface area (Å²) in [6.45, 7) is 5.47. The Labute approximate surface area is 108 Å². The smallest absolute Gasteiger partial charge is 0.248 e. The zero-order valence-corrected chi connectivity index (χ0v) is 10.7. The lowest BCUT2D eigenvalue weighted by atomic mass is 10.1. The van der Waals surface area contributed by atoms with Crippen LogP contribution in [0.5, 0.6) is 0 Å². The number of hydrogen-bond donors (Lipinski definition) is 2. The Morgan fingerprint density at radius 1 is 1.22 bits per heavy atom. The van der Waals surface area contributed by atoms with Gasteiger partial charge in [0, 0.05) is 25.2 Å². The van der Waals surface area contributed by atoms with Crippen LogP contribution in [0.4, 0.5) is 0 Å². The fourth-order valence-corrected chi connectivity index (χ4v) is 2.26. The van der Waals surface area contributed by atoms with Gasteiger partial charge in [0.25, 0.3) is 0 Å². The minimum atomic E-state index is -0.372. The van der Waals surface area contributed by atoms with Gasteiger partial charge in [-0.2, -0.15) is 0 Å². The van der Waals surface area contributed by atoms with Gasteiger partial charge >= 0.3 is 0 Å². The number of carbonyl (C=O) groups excluding carboxylic acids is 1. The zero-order chi connectivity index (χ0) is 12.8. The Balaban J connectivity index is 1.68. The molecule has 98 valence electrons. The quantitative estimate of drug-likeness (QED) is 0.736. The number of benzene rings is 1. The minimum absolute atomic E-state index is 0.372. The van der Waals surface area contributed by atoms with Crippen molar-refractivity contribution in [1.82, 2.24) is 10.2 Å². The maximum atomic E-state index is 10.9. The average molecular weight is 247 g/mol. The lowest BCUT2D eigenvalue weighted by Crippen LogP contribution is -2.29. The number of rotatable bonds is 6. The van der Waals surface area contributed by atoms with Crippen LogP contribution in [-0.4, -0.2) is 37.0 Å². The first-order valence-corrected chi connectivity index (χ1v) is 6.57. The van der Waals surface area contributed by atoms with Gasteiger partial charge in [-0.05, 0) is 43.6 Å². The van der Waals surface area contributed by atoms with Gasteiger partial charge < -0.3 is 16.0 Å². The topological polar surface area (TPSA) is 58.4 Å². The lowest BCUT2D eigenvalue weighted by molar-refractivity contribution is 0.100. The molecule has 1 fully saturated rings. The third kappa shape index (κ3) is 3.82. The summed E-state index contributed by atoms with van der Waals surface area (Å²) in [5.41, 5.74) is 6.94. The van der Waals surface area contributed by atoms with Crippen molar-refractivity contribution in [1.29, 1.82) is 0 Å². The van der Waals surface area contributed by atoms with E-state index in [2.05, 4.69) is 10.2 Å². The van der Waals surface area contributed by atoms with Crippen LogP contribution in [0, 0.1) is 0 Å². The van der Waals surface area contributed by atoms with Crippen molar-refractivity contribution in [3.8, 4) is 0 Å². The fourth-order valence-electron chi connectivity index (χ4n) is 2.26. The van der Waals surface area contributed by atoms with E-state index in [0.717, 1.165) is 19.6 Å². The van der Waals surface area contributed by atoms with Crippen LogP contribution in [0.2, 0.25) is 0 Å². The second-order valence-electron chi connectivity index (χ2n) is 4.79. The van der Waals surface area contributed by atoms with Crippen LogP contribution < -0.4 is 11.1 Å². The molecule has 4 heteroatoms. The molecule has 1 aliphatic rings. The second-order valence-corrected chi connectivity index (χ2v) is 4.79. The molecule has 1 saturated heterocycles. The molecule has 3 N–H and O–H groups in total. The summed E-state index contributed by atoms with van der Waals surface area (Å²) in [4.78, 5) is 13.4. The molecule has 4 nitrogen and oxygen atoms in total. The van der Waals surface area contributed by atoms with Crippen molar-refractivity contribution in [2.24, 2.45) is 5.73 Å². The first-order chi connectivity index (χ1) is 8.75. The van der Waals surface area contributed by atoms with Gasteiger partial charge in [0.1, 0.15) is 0 Å². The first kappa shape index (κ1) is 13.1. The standard InChI is InChI=1S/C14H21N3O/c15-14(18)13-5-3-12(4-6-13)11-16-7-10-17-8-1-2-9-17/h3-6,16H,1-2,7-11H2,(H2,15,18). The number of likely N-dealkylation sites (tertiary alicyclic amines) is 1. The Morgan fingerprint density at radius 3 is 2.50 bits per heavy atom. The molecule has 0 spiro atoms. The van der Waals surface area contributed by atoms with E-state index in [9.17, 15) is 4.79 Å². The number of nitrogens with one attached hydrogen (secondary N) is 1. The third-order valence-electron chi connectivity index (χ3n) is 3.37. The monoisotopic (exact) mass is 247 g/mol. The molecule has 0 unspecified atom stereocenters. The highest BCUT2D eigenvalue weighted by Gasteiger charge is 2.09. The van der Waals surface area contributed by atoms with Crippen molar-refractivity contribution in [3.05, 3.63) is 35.4 Å². The summed E-state index contributed by atoms with van der Waals surface area (Å²) in [5.74, 6) is -0.372. The van der Waals surface area contributed by atoms with Crippen molar-refractivity contribution in [3.63, 3.8) is 0 Å². The lowest BCUT2D eigenvalue weighted by Gasteiger charge is -2.14. The highest BCUT2D eigenvalue weighted by molar-refractivity contribution is 5.92. The summed E-state index contributed by atoms with van der Waals surface area (Å²) in [6.07, 6.45) is 2.68. The molecular weight excluding hydrogens is 226 g/mol. The minimum Gasteiger partial charge on any atom is -0.366 e. The van der Waals surface area contributed by atoms with Gasteiger partial charge in [-0.25, -0.2) is 0 Å². The SMILES string of the molecule is NC(=O)c1ccc(CNCCN2CCCC2)cc1. The molecule has 1 aromatic carbocycles. The molecule has 0 radical (unpaired) electrons. The summed E-state index contributed by atoms with van der Waals surface area (Å²) < 4.78 is 0. The molecular formula is C14H21N3O. The number of hydrogen-bond acceptors (Lipinski definition) is 3. The predicted molar refractivity (Wildman–Crippen MR) is 72.3 cm³/mol. The third-order valence-corrected chi connectivity index (χ3v) is 3.37. The highest BCUT2D eigenvalue weighted by atomic mass is 16.1. The Hall–Kier alpha value is -1.39. The molecule has 1 heterocycles. The number of carbonyl (C=O) groups is 1. The van der Waals surface area contributed by atoms with Gasteiger partial charge in [-0.15, -0.1) is 0 Å². The van der Waals surface area contributed by atoms with Crippen LogP contribution in [0.1, 0.15) is 28.8 Å². The molecule has 0 atom stereocenters. The second kappa shape index (κ2) is 6.52. The predicted octanol–water partition coefficient (Wildman–Crippen LogP) is 0.971. The van der Waals surface area contributed by atoms with Gasteiger partial charge in [0.15, 0.2) is 0 Å². The largest absolute Gasteiger partial charge is 0.366 e. The van der Waals surface area contributed by atoms with Crippen LogP contribution in [0.15, 0.2) is 24.3 Å². The highest BCUT2D eigenvalue weighted by Crippen LogP contribution is 2.06. The van der Waals surface area contributed by atoms with E-state index in [1.54, 1.807) is 12.1 Å². The summed E-state index contributed by atoms with van der Waals surface area (Å²) in [6, 6.07) is 7.45. The van der Waals surface area contributed by atoms with Gasteiger partial charge in [-0.1, -0.05) is 12.1 Å². The maximum Gasteiger partial charge on any atom is 0.248 e. The van der Waals surface area contributed by atoms with E-state index in [-0.39, 0.29) is 5.91 Å². The average Bonchev–Trinajstić information content (AvgIpc) is 2.88. The van der Waals surface area contributed by atoms with E-state index in [1.165, 1.54) is 31.5 Å². The first-order valence-electron chi connectivity index (χ1n) is 6.57. The zero-order valence-electron chi connectivity index (χ0n) is 10.7. The van der Waals surface area contributed by atoms with E-state index >= 15 is 0 Å². The van der Waals surface area contributed by atoms with Crippen molar-refractivity contribution < 1.29 is 4.79 Å². The Kier molecular flexibility index (Phi) is 4.73. The molecule has 0 bridgehead atoms. The van der Waals surface area contributed by atoms with E-state index < -0.39 is 0 Å². The maximum absolute atomic E-state index is 10.9. The molecule has 2 rings (SSSR count). The molecule has 1 amide bonds. The Bertz CT molecular complexity index is 383. The summed E-state index contributed by atoms with van der Waals surface area (Å²) in [7, 11) is 0. The van der Waals surface area contributed by atoms with Gasteiger partial charge in [0.2, 0.25) is 5.91 Å². The van der Waals surface area contributed by atoms with Crippen LogP contribution in [-0.2, 0) is 6.54 Å². The van der Waals surface area contributed by atoms with Gasteiger partial charge in [-0.3, -0.25) is 4.79 Å². The van der Waals surface area contributed by atoms with Gasteiger partial charge in [0.05, 0.1) is 0 Å². The summed E-state index contributed by atoms with van der Waals surface area (Å²) in [5, 5.41) is 3.42.